The Kier molecular flexibility index (Phi) is 10.4. The molecule has 1 aliphatic carbocycles. The first-order chi connectivity index (χ1) is 19.7. The normalized spacial score (nSPS) is 14.3. The maximum absolute atomic E-state index is 14.2. The molecule has 0 radical (unpaired) electrons. The number of benzene rings is 3. The molecule has 1 fully saturated rings. The molecule has 1 saturated carbocycles. The number of sulfonamides is 1. The molecule has 8 nitrogen and oxygen atoms in total. The highest BCUT2D eigenvalue weighted by molar-refractivity contribution is 9.10. The van der Waals surface area contributed by atoms with Gasteiger partial charge in [-0.2, -0.15) is 0 Å². The number of amides is 2. The van der Waals surface area contributed by atoms with Gasteiger partial charge in [0.15, 0.2) is 0 Å². The number of rotatable bonds is 12. The second-order valence-corrected chi connectivity index (χ2v) is 13.1. The number of carbonyl (C=O) groups is 2. The second kappa shape index (κ2) is 14.0. The van der Waals surface area contributed by atoms with Crippen LogP contribution in [0.5, 0.6) is 5.75 Å². The second-order valence-electron chi connectivity index (χ2n) is 10.3. The van der Waals surface area contributed by atoms with Gasteiger partial charge in [0.05, 0.1) is 19.1 Å². The fraction of sp³-hybridized carbons (Fsp3) is 0.355. The summed E-state index contributed by atoms with van der Waals surface area (Å²) in [7, 11) is -2.27. The molecule has 4 rings (SSSR count). The maximum atomic E-state index is 14.2. The summed E-state index contributed by atoms with van der Waals surface area (Å²) in [5.41, 5.74) is 2.00. The van der Waals surface area contributed by atoms with Crippen molar-refractivity contribution in [2.24, 2.45) is 0 Å². The largest absolute Gasteiger partial charge is 0.497 e. The fourth-order valence-electron chi connectivity index (χ4n) is 5.14. The minimum absolute atomic E-state index is 0.0577. The molecule has 0 saturated heterocycles. The molecule has 0 bridgehead atoms. The first-order valence-corrected chi connectivity index (χ1v) is 16.3. The van der Waals surface area contributed by atoms with Gasteiger partial charge < -0.3 is 15.0 Å². The van der Waals surface area contributed by atoms with E-state index in [0.717, 1.165) is 47.4 Å². The molecule has 2 amide bonds. The van der Waals surface area contributed by atoms with E-state index in [1.807, 2.05) is 54.6 Å². The Morgan fingerprint density at radius 2 is 1.63 bits per heavy atom. The van der Waals surface area contributed by atoms with E-state index in [1.165, 1.54) is 4.90 Å². The molecule has 218 valence electrons. The van der Waals surface area contributed by atoms with Crippen molar-refractivity contribution in [1.29, 1.82) is 0 Å². The molecule has 0 aromatic heterocycles. The van der Waals surface area contributed by atoms with Crippen molar-refractivity contribution < 1.29 is 22.7 Å². The SMILES string of the molecule is COc1cccc(CN(C(=O)CN(c2ccccc2Br)S(C)(=O)=O)[C@H](Cc2ccccc2)C(=O)NC2CCCC2)c1. The molecule has 0 unspecified atom stereocenters. The molecule has 3 aromatic rings. The minimum atomic E-state index is -3.84. The fourth-order valence-corrected chi connectivity index (χ4v) is 6.62. The highest BCUT2D eigenvalue weighted by Crippen LogP contribution is 2.28. The van der Waals surface area contributed by atoms with Crippen LogP contribution in [-0.4, -0.2) is 57.1 Å². The summed E-state index contributed by atoms with van der Waals surface area (Å²) < 4.78 is 32.9. The summed E-state index contributed by atoms with van der Waals surface area (Å²) in [6, 6.07) is 22.9. The lowest BCUT2D eigenvalue weighted by Gasteiger charge is -2.34. The molecule has 0 aliphatic heterocycles. The molecule has 0 heterocycles. The summed E-state index contributed by atoms with van der Waals surface area (Å²) in [5.74, 6) is -0.115. The van der Waals surface area contributed by atoms with Gasteiger partial charge in [-0.1, -0.05) is 67.4 Å². The molecule has 1 aliphatic rings. The summed E-state index contributed by atoms with van der Waals surface area (Å²) >= 11 is 3.42. The number of methoxy groups -OCH3 is 1. The highest BCUT2D eigenvalue weighted by Gasteiger charge is 2.34. The van der Waals surface area contributed by atoms with Crippen molar-refractivity contribution in [1.82, 2.24) is 10.2 Å². The number of ether oxygens (including phenoxy) is 1. The Morgan fingerprint density at radius 3 is 2.29 bits per heavy atom. The van der Waals surface area contributed by atoms with Gasteiger partial charge in [-0.15, -0.1) is 0 Å². The van der Waals surface area contributed by atoms with E-state index in [0.29, 0.717) is 15.9 Å². The van der Waals surface area contributed by atoms with Crippen molar-refractivity contribution in [3.8, 4) is 5.75 Å². The van der Waals surface area contributed by atoms with Crippen LogP contribution in [0, 0.1) is 0 Å². The molecule has 41 heavy (non-hydrogen) atoms. The Balaban J connectivity index is 1.74. The van der Waals surface area contributed by atoms with Gasteiger partial charge in [0.1, 0.15) is 18.3 Å². The molecule has 3 aromatic carbocycles. The van der Waals surface area contributed by atoms with Crippen LogP contribution in [0.4, 0.5) is 5.69 Å². The van der Waals surface area contributed by atoms with Crippen LogP contribution in [-0.2, 0) is 32.6 Å². The van der Waals surface area contributed by atoms with E-state index in [2.05, 4.69) is 21.2 Å². The number of hydrogen-bond donors (Lipinski definition) is 1. The quantitative estimate of drug-likeness (QED) is 0.303. The van der Waals surface area contributed by atoms with Crippen LogP contribution in [0.25, 0.3) is 0 Å². The summed E-state index contributed by atoms with van der Waals surface area (Å²) in [6.45, 7) is -0.368. The van der Waals surface area contributed by atoms with Crippen LogP contribution in [0.2, 0.25) is 0 Å². The monoisotopic (exact) mass is 641 g/mol. The van der Waals surface area contributed by atoms with Crippen LogP contribution in [0.3, 0.4) is 0 Å². The Labute approximate surface area is 250 Å². The van der Waals surface area contributed by atoms with Gasteiger partial charge in [-0.05, 0) is 64.2 Å². The average molecular weight is 643 g/mol. The van der Waals surface area contributed by atoms with Gasteiger partial charge >= 0.3 is 0 Å². The molecular formula is C31H36BrN3O5S. The third kappa shape index (κ3) is 8.33. The van der Waals surface area contributed by atoms with E-state index in [4.69, 9.17) is 4.74 Å². The van der Waals surface area contributed by atoms with Gasteiger partial charge in [-0.3, -0.25) is 13.9 Å². The smallest absolute Gasteiger partial charge is 0.244 e. The number of nitrogens with zero attached hydrogens (tertiary/aromatic N) is 2. The first kappa shape index (κ1) is 30.6. The minimum Gasteiger partial charge on any atom is -0.497 e. The lowest BCUT2D eigenvalue weighted by molar-refractivity contribution is -0.140. The van der Waals surface area contributed by atoms with Gasteiger partial charge in [0, 0.05) is 23.5 Å². The number of carbonyl (C=O) groups excluding carboxylic acids is 2. The summed E-state index contributed by atoms with van der Waals surface area (Å²) in [5, 5.41) is 3.17. The maximum Gasteiger partial charge on any atom is 0.244 e. The lowest BCUT2D eigenvalue weighted by Crippen LogP contribution is -2.54. The van der Waals surface area contributed by atoms with Crippen molar-refractivity contribution in [3.05, 3.63) is 94.5 Å². The molecule has 0 spiro atoms. The summed E-state index contributed by atoms with van der Waals surface area (Å²) in [6.07, 6.45) is 5.25. The lowest BCUT2D eigenvalue weighted by atomic mass is 10.0. The van der Waals surface area contributed by atoms with E-state index in [-0.39, 0.29) is 24.9 Å². The van der Waals surface area contributed by atoms with Crippen molar-refractivity contribution in [2.75, 3.05) is 24.2 Å². The van der Waals surface area contributed by atoms with E-state index in [1.54, 1.807) is 31.4 Å². The van der Waals surface area contributed by atoms with Gasteiger partial charge in [0.25, 0.3) is 0 Å². The zero-order valence-electron chi connectivity index (χ0n) is 23.3. The molecule has 1 atom stereocenters. The first-order valence-electron chi connectivity index (χ1n) is 13.6. The predicted octanol–water partition coefficient (Wildman–Crippen LogP) is 4.92. The van der Waals surface area contributed by atoms with E-state index < -0.39 is 28.5 Å². The zero-order chi connectivity index (χ0) is 29.4. The zero-order valence-corrected chi connectivity index (χ0v) is 25.7. The Bertz CT molecular complexity index is 1440. The third-order valence-electron chi connectivity index (χ3n) is 7.26. The van der Waals surface area contributed by atoms with E-state index >= 15 is 0 Å². The standard InChI is InChI=1S/C31H36BrN3O5S/c1-40-26-16-10-13-24(19-26)21-34(30(36)22-35(41(2,38)39)28-18-9-8-17-27(28)32)29(20-23-11-4-3-5-12-23)31(37)33-25-14-6-7-15-25/h3-5,8-13,16-19,25,29H,6-7,14-15,20-22H2,1-2H3,(H,33,37)/t29-/m1/s1. The van der Waals surface area contributed by atoms with Crippen LogP contribution in [0.1, 0.15) is 36.8 Å². The topological polar surface area (TPSA) is 96.0 Å². The van der Waals surface area contributed by atoms with Crippen LogP contribution in [0.15, 0.2) is 83.3 Å². The van der Waals surface area contributed by atoms with Gasteiger partial charge in [0.2, 0.25) is 21.8 Å². The summed E-state index contributed by atoms with van der Waals surface area (Å²) in [4.78, 5) is 29.6. The Morgan fingerprint density at radius 1 is 0.976 bits per heavy atom. The predicted molar refractivity (Wildman–Crippen MR) is 164 cm³/mol. The average Bonchev–Trinajstić information content (AvgIpc) is 3.47. The highest BCUT2D eigenvalue weighted by atomic mass is 79.9. The number of anilines is 1. The van der Waals surface area contributed by atoms with Crippen molar-refractivity contribution in [2.45, 2.75) is 50.7 Å². The molecule has 10 heteroatoms. The number of para-hydroxylation sites is 1. The number of halogens is 1. The molecular weight excluding hydrogens is 606 g/mol. The molecule has 1 N–H and O–H groups in total. The third-order valence-corrected chi connectivity index (χ3v) is 9.06. The van der Waals surface area contributed by atoms with E-state index in [9.17, 15) is 18.0 Å². The van der Waals surface area contributed by atoms with Crippen LogP contribution >= 0.6 is 15.9 Å². The number of hydrogen-bond acceptors (Lipinski definition) is 5. The number of nitrogens with one attached hydrogen (secondary N) is 1. The van der Waals surface area contributed by atoms with Crippen molar-refractivity contribution >= 4 is 43.5 Å². The Hall–Kier alpha value is -3.37. The van der Waals surface area contributed by atoms with Crippen molar-refractivity contribution in [3.63, 3.8) is 0 Å². The van der Waals surface area contributed by atoms with Gasteiger partial charge in [-0.25, -0.2) is 8.42 Å². The van der Waals surface area contributed by atoms with Crippen LogP contribution < -0.4 is 14.4 Å².